The summed E-state index contributed by atoms with van der Waals surface area (Å²) in [5.41, 5.74) is 3.08. The quantitative estimate of drug-likeness (QED) is 0.757. The Morgan fingerprint density at radius 2 is 1.80 bits per heavy atom. The van der Waals surface area contributed by atoms with Gasteiger partial charge in [0.1, 0.15) is 5.03 Å². The van der Waals surface area contributed by atoms with Crippen LogP contribution >= 0.6 is 11.6 Å². The van der Waals surface area contributed by atoms with Crippen molar-refractivity contribution >= 4 is 39.9 Å². The first-order chi connectivity index (χ1) is 9.41. The van der Waals surface area contributed by atoms with E-state index in [9.17, 15) is 9.59 Å². The molecule has 2 amide bonds. The van der Waals surface area contributed by atoms with Crippen LogP contribution in [-0.4, -0.2) is 28.3 Å². The van der Waals surface area contributed by atoms with E-state index in [2.05, 4.69) is 0 Å². The van der Waals surface area contributed by atoms with Crippen LogP contribution < -0.4 is 0 Å². The number of hydrogen-bond acceptors (Lipinski definition) is 2. The molecule has 0 bridgehead atoms. The molecule has 4 nitrogen and oxygen atoms in total. The average molecular weight is 289 g/mol. The lowest BCUT2D eigenvalue weighted by atomic mass is 10.0. The molecule has 0 N–H and O–H groups in total. The Labute approximate surface area is 121 Å². The molecule has 0 atom stereocenters. The second kappa shape index (κ2) is 4.21. The van der Waals surface area contributed by atoms with Crippen LogP contribution in [-0.2, 0) is 16.6 Å². The number of carbonyl (C=O) groups is 2. The number of likely N-dealkylation sites (N-methyl/N-ethyl adjacent to an activating group) is 1. The van der Waals surface area contributed by atoms with E-state index in [0.717, 1.165) is 21.4 Å². The van der Waals surface area contributed by atoms with E-state index in [1.807, 2.05) is 42.9 Å². The third-order valence-corrected chi connectivity index (χ3v) is 4.00. The average Bonchev–Trinajstić information content (AvgIpc) is 2.81. The summed E-state index contributed by atoms with van der Waals surface area (Å²) in [6, 6.07) is 6.00. The van der Waals surface area contributed by atoms with Gasteiger partial charge < -0.3 is 4.57 Å². The highest BCUT2D eigenvalue weighted by Gasteiger charge is 2.36. The van der Waals surface area contributed by atoms with Gasteiger partial charge in [0, 0.05) is 36.8 Å². The fourth-order valence-corrected chi connectivity index (χ4v) is 2.86. The van der Waals surface area contributed by atoms with Gasteiger partial charge in [-0.1, -0.05) is 23.2 Å². The van der Waals surface area contributed by atoms with E-state index < -0.39 is 5.91 Å². The molecule has 0 aliphatic carbocycles. The summed E-state index contributed by atoms with van der Waals surface area (Å²) in [6.45, 7) is 1.99. The number of halogens is 1. The van der Waals surface area contributed by atoms with Crippen LogP contribution in [0.3, 0.4) is 0 Å². The molecule has 1 aliphatic rings. The first kappa shape index (κ1) is 12.9. The number of benzene rings is 1. The zero-order valence-electron chi connectivity index (χ0n) is 11.4. The van der Waals surface area contributed by atoms with Crippen molar-refractivity contribution in [1.82, 2.24) is 9.47 Å². The minimum absolute atomic E-state index is 0.00786. The van der Waals surface area contributed by atoms with Gasteiger partial charge in [0.05, 0.1) is 5.57 Å². The van der Waals surface area contributed by atoms with E-state index in [1.165, 1.54) is 7.05 Å². The van der Waals surface area contributed by atoms with E-state index in [1.54, 1.807) is 0 Å². The molecule has 3 rings (SSSR count). The highest BCUT2D eigenvalue weighted by atomic mass is 35.5. The molecule has 1 aliphatic heterocycles. The Morgan fingerprint density at radius 1 is 1.10 bits per heavy atom. The maximum absolute atomic E-state index is 12.2. The number of carbonyl (C=O) groups excluding carboxylic acids is 2. The zero-order valence-corrected chi connectivity index (χ0v) is 12.2. The first-order valence-corrected chi connectivity index (χ1v) is 6.58. The van der Waals surface area contributed by atoms with Gasteiger partial charge in [-0.05, 0) is 19.1 Å². The predicted molar refractivity (Wildman–Crippen MR) is 78.2 cm³/mol. The molecular formula is C15H13ClN2O2. The molecule has 1 aromatic carbocycles. The fraction of sp³-hybridized carbons (Fsp3) is 0.200. The van der Waals surface area contributed by atoms with Crippen molar-refractivity contribution in [3.05, 3.63) is 40.6 Å². The standard InChI is InChI=1S/C15H13ClN2O2/c1-8-4-5-11-9(6-8)10(7-17(11)2)12-13(16)15(20)18(3)14(12)19/h4-7H,1-3H3. The highest BCUT2D eigenvalue weighted by Crippen LogP contribution is 2.35. The maximum Gasteiger partial charge on any atom is 0.272 e. The largest absolute Gasteiger partial charge is 0.350 e. The number of aromatic nitrogens is 1. The van der Waals surface area contributed by atoms with Crippen LogP contribution in [0.4, 0.5) is 0 Å². The molecule has 1 aromatic heterocycles. The summed E-state index contributed by atoms with van der Waals surface area (Å²) in [4.78, 5) is 25.1. The van der Waals surface area contributed by atoms with Crippen molar-refractivity contribution in [1.29, 1.82) is 0 Å². The van der Waals surface area contributed by atoms with E-state index in [0.29, 0.717) is 5.56 Å². The van der Waals surface area contributed by atoms with Crippen LogP contribution in [0.15, 0.2) is 29.4 Å². The number of nitrogens with zero attached hydrogens (tertiary/aromatic N) is 2. The Hall–Kier alpha value is -2.07. The molecule has 20 heavy (non-hydrogen) atoms. The third kappa shape index (κ3) is 1.61. The van der Waals surface area contributed by atoms with Crippen molar-refractivity contribution in [2.75, 3.05) is 7.05 Å². The molecule has 2 aromatic rings. The van der Waals surface area contributed by atoms with E-state index in [4.69, 9.17) is 11.6 Å². The third-order valence-electron chi connectivity index (χ3n) is 3.64. The summed E-state index contributed by atoms with van der Waals surface area (Å²) in [5.74, 6) is -0.801. The van der Waals surface area contributed by atoms with Gasteiger partial charge in [0.2, 0.25) is 0 Å². The molecular weight excluding hydrogens is 276 g/mol. The molecule has 2 heterocycles. The Bertz CT molecular complexity index is 802. The molecule has 5 heteroatoms. The van der Waals surface area contributed by atoms with Crippen molar-refractivity contribution in [2.24, 2.45) is 7.05 Å². The van der Waals surface area contributed by atoms with Gasteiger partial charge in [0.25, 0.3) is 11.8 Å². The molecule has 0 saturated heterocycles. The lowest BCUT2D eigenvalue weighted by molar-refractivity contribution is -0.134. The highest BCUT2D eigenvalue weighted by molar-refractivity contribution is 6.55. The minimum Gasteiger partial charge on any atom is -0.350 e. The van der Waals surface area contributed by atoms with Crippen LogP contribution in [0.1, 0.15) is 11.1 Å². The van der Waals surface area contributed by atoms with Crippen LogP contribution in [0, 0.1) is 6.92 Å². The molecule has 0 saturated carbocycles. The summed E-state index contributed by atoms with van der Waals surface area (Å²) in [6.07, 6.45) is 1.84. The predicted octanol–water partition coefficient (Wildman–Crippen LogP) is 2.44. The Kier molecular flexibility index (Phi) is 2.73. The smallest absolute Gasteiger partial charge is 0.272 e. The first-order valence-electron chi connectivity index (χ1n) is 6.20. The number of imide groups is 1. The second-order valence-corrected chi connectivity index (χ2v) is 5.41. The summed E-state index contributed by atoms with van der Waals surface area (Å²) < 4.78 is 1.93. The van der Waals surface area contributed by atoms with Gasteiger partial charge >= 0.3 is 0 Å². The molecule has 0 unspecified atom stereocenters. The van der Waals surface area contributed by atoms with Crippen molar-refractivity contribution in [2.45, 2.75) is 6.92 Å². The monoisotopic (exact) mass is 288 g/mol. The number of rotatable bonds is 1. The van der Waals surface area contributed by atoms with Gasteiger partial charge in [-0.3, -0.25) is 14.5 Å². The summed E-state index contributed by atoms with van der Waals surface area (Å²) >= 11 is 6.06. The van der Waals surface area contributed by atoms with Crippen LogP contribution in [0.5, 0.6) is 0 Å². The molecule has 0 radical (unpaired) electrons. The van der Waals surface area contributed by atoms with Crippen LogP contribution in [0.25, 0.3) is 16.5 Å². The minimum atomic E-state index is -0.448. The zero-order chi connectivity index (χ0) is 14.6. The van der Waals surface area contributed by atoms with E-state index >= 15 is 0 Å². The van der Waals surface area contributed by atoms with Crippen molar-refractivity contribution < 1.29 is 9.59 Å². The van der Waals surface area contributed by atoms with Crippen molar-refractivity contribution in [3.8, 4) is 0 Å². The van der Waals surface area contributed by atoms with Gasteiger partial charge in [-0.25, -0.2) is 0 Å². The van der Waals surface area contributed by atoms with Crippen LogP contribution in [0.2, 0.25) is 0 Å². The van der Waals surface area contributed by atoms with Gasteiger partial charge in [0.15, 0.2) is 0 Å². The van der Waals surface area contributed by atoms with Gasteiger partial charge in [-0.15, -0.1) is 0 Å². The lowest BCUT2D eigenvalue weighted by Gasteiger charge is -2.05. The SMILES string of the molecule is Cc1ccc2c(c1)c(C1=C(Cl)C(=O)N(C)C1=O)cn2C. The molecule has 102 valence electrons. The number of amides is 2. The molecule has 0 fully saturated rings. The second-order valence-electron chi connectivity index (χ2n) is 5.03. The summed E-state index contributed by atoms with van der Waals surface area (Å²) in [7, 11) is 3.34. The molecule has 0 spiro atoms. The number of hydrogen-bond donors (Lipinski definition) is 0. The number of aryl methyl sites for hydroxylation is 2. The summed E-state index contributed by atoms with van der Waals surface area (Å²) in [5, 5.41) is 0.920. The number of fused-ring (bicyclic) bond motifs is 1. The van der Waals surface area contributed by atoms with E-state index in [-0.39, 0.29) is 16.5 Å². The Balaban J connectivity index is 2.33. The van der Waals surface area contributed by atoms with Gasteiger partial charge in [-0.2, -0.15) is 0 Å². The maximum atomic E-state index is 12.2. The lowest BCUT2D eigenvalue weighted by Crippen LogP contribution is -2.26. The topological polar surface area (TPSA) is 42.3 Å². The fourth-order valence-electron chi connectivity index (χ4n) is 2.55. The normalized spacial score (nSPS) is 15.9. The van der Waals surface area contributed by atoms with Crippen molar-refractivity contribution in [3.63, 3.8) is 0 Å². The Morgan fingerprint density at radius 3 is 2.40 bits per heavy atom.